The number of carbonyl (C=O) groups is 1. The summed E-state index contributed by atoms with van der Waals surface area (Å²) < 4.78 is 13.7. The lowest BCUT2D eigenvalue weighted by molar-refractivity contribution is 0.0554. The maximum atomic E-state index is 13.7. The van der Waals surface area contributed by atoms with Crippen molar-refractivity contribution < 1.29 is 9.18 Å². The van der Waals surface area contributed by atoms with Crippen molar-refractivity contribution in [3.8, 4) is 0 Å². The van der Waals surface area contributed by atoms with Gasteiger partial charge in [0.25, 0.3) is 5.91 Å². The first-order chi connectivity index (χ1) is 9.17. The molecule has 0 saturated carbocycles. The van der Waals surface area contributed by atoms with Crippen LogP contribution < -0.4 is 5.73 Å². The van der Waals surface area contributed by atoms with E-state index in [1.54, 1.807) is 17.0 Å². The molecule has 3 nitrogen and oxygen atoms in total. The third-order valence-corrected chi connectivity index (χ3v) is 4.04. The molecule has 4 heteroatoms. The van der Waals surface area contributed by atoms with Gasteiger partial charge in [-0.2, -0.15) is 0 Å². The van der Waals surface area contributed by atoms with Crippen LogP contribution in [0, 0.1) is 11.7 Å². The summed E-state index contributed by atoms with van der Waals surface area (Å²) in [7, 11) is 0. The van der Waals surface area contributed by atoms with Crippen LogP contribution in [0.25, 0.3) is 0 Å². The van der Waals surface area contributed by atoms with E-state index in [1.165, 1.54) is 12.1 Å². The Labute approximate surface area is 113 Å². The van der Waals surface area contributed by atoms with Gasteiger partial charge in [0.15, 0.2) is 0 Å². The lowest BCUT2D eigenvalue weighted by atomic mass is 9.88. The minimum Gasteiger partial charge on any atom is -0.334 e. The second kappa shape index (κ2) is 6.15. The normalized spacial score (nSPS) is 23.4. The van der Waals surface area contributed by atoms with Crippen molar-refractivity contribution in [2.75, 3.05) is 13.1 Å². The molecule has 0 radical (unpaired) electrons. The Morgan fingerprint density at radius 2 is 2.21 bits per heavy atom. The molecule has 0 spiro atoms. The first kappa shape index (κ1) is 14.0. The van der Waals surface area contributed by atoms with E-state index in [-0.39, 0.29) is 17.5 Å². The number of piperidine rings is 1. The summed E-state index contributed by atoms with van der Waals surface area (Å²) in [4.78, 5) is 14.2. The topological polar surface area (TPSA) is 46.3 Å². The predicted octanol–water partition coefficient (Wildman–Crippen LogP) is 2.42. The summed E-state index contributed by atoms with van der Waals surface area (Å²) in [5.41, 5.74) is 5.93. The number of hydrogen-bond donors (Lipinski definition) is 1. The fraction of sp³-hybridized carbons (Fsp3) is 0.533. The van der Waals surface area contributed by atoms with Crippen molar-refractivity contribution in [3.05, 3.63) is 35.6 Å². The quantitative estimate of drug-likeness (QED) is 0.911. The Kier molecular flexibility index (Phi) is 4.53. The van der Waals surface area contributed by atoms with Crippen LogP contribution in [-0.4, -0.2) is 29.9 Å². The van der Waals surface area contributed by atoms with Gasteiger partial charge < -0.3 is 10.6 Å². The Balaban J connectivity index is 2.17. The van der Waals surface area contributed by atoms with Crippen molar-refractivity contribution in [2.45, 2.75) is 32.2 Å². The maximum Gasteiger partial charge on any atom is 0.257 e. The molecule has 1 heterocycles. The lowest BCUT2D eigenvalue weighted by Gasteiger charge is -2.39. The molecule has 1 amide bonds. The number of hydrogen-bond acceptors (Lipinski definition) is 2. The van der Waals surface area contributed by atoms with E-state index in [4.69, 9.17) is 5.73 Å². The number of nitrogens with zero attached hydrogens (tertiary/aromatic N) is 1. The molecule has 0 bridgehead atoms. The predicted molar refractivity (Wildman–Crippen MR) is 73.3 cm³/mol. The average molecular weight is 264 g/mol. The molecular formula is C15H21FN2O. The van der Waals surface area contributed by atoms with Gasteiger partial charge in [0.05, 0.1) is 5.56 Å². The zero-order valence-corrected chi connectivity index (χ0v) is 11.3. The van der Waals surface area contributed by atoms with Crippen LogP contribution in [-0.2, 0) is 0 Å². The smallest absolute Gasteiger partial charge is 0.257 e. The van der Waals surface area contributed by atoms with Gasteiger partial charge in [-0.15, -0.1) is 0 Å². The van der Waals surface area contributed by atoms with Crippen molar-refractivity contribution >= 4 is 5.91 Å². The van der Waals surface area contributed by atoms with Crippen LogP contribution in [0.5, 0.6) is 0 Å². The fourth-order valence-electron chi connectivity index (χ4n) is 2.79. The van der Waals surface area contributed by atoms with Gasteiger partial charge in [0.1, 0.15) is 5.82 Å². The molecule has 1 aliphatic heterocycles. The molecule has 2 N–H and O–H groups in total. The first-order valence-corrected chi connectivity index (χ1v) is 6.93. The van der Waals surface area contributed by atoms with E-state index in [1.807, 2.05) is 0 Å². The number of amides is 1. The van der Waals surface area contributed by atoms with Gasteiger partial charge in [-0.25, -0.2) is 4.39 Å². The van der Waals surface area contributed by atoms with E-state index in [2.05, 4.69) is 6.92 Å². The molecule has 1 aromatic rings. The molecule has 19 heavy (non-hydrogen) atoms. The summed E-state index contributed by atoms with van der Waals surface area (Å²) in [6.45, 7) is 3.27. The number of carbonyl (C=O) groups excluding carboxylic acids is 1. The molecule has 2 rings (SSSR count). The summed E-state index contributed by atoms with van der Waals surface area (Å²) in [5.74, 6) is -0.0674. The van der Waals surface area contributed by atoms with Crippen LogP contribution >= 0.6 is 0 Å². The zero-order chi connectivity index (χ0) is 13.8. The highest BCUT2D eigenvalue weighted by molar-refractivity contribution is 5.94. The van der Waals surface area contributed by atoms with Gasteiger partial charge in [-0.3, -0.25) is 4.79 Å². The minimum absolute atomic E-state index is 0.0332. The van der Waals surface area contributed by atoms with E-state index >= 15 is 0 Å². The lowest BCUT2D eigenvalue weighted by Crippen LogP contribution is -2.49. The van der Waals surface area contributed by atoms with E-state index in [9.17, 15) is 9.18 Å². The Morgan fingerprint density at radius 3 is 2.84 bits per heavy atom. The third kappa shape index (κ3) is 2.95. The number of likely N-dealkylation sites (tertiary alicyclic amines) is 1. The van der Waals surface area contributed by atoms with Gasteiger partial charge in [0, 0.05) is 19.1 Å². The van der Waals surface area contributed by atoms with Crippen LogP contribution in [0.2, 0.25) is 0 Å². The highest BCUT2D eigenvalue weighted by Gasteiger charge is 2.31. The SMILES string of the molecule is CCC1CCN(C(=O)c2ccccc2F)C(CN)C1. The molecule has 2 unspecified atom stereocenters. The molecule has 1 aliphatic rings. The fourth-order valence-corrected chi connectivity index (χ4v) is 2.79. The minimum atomic E-state index is -0.458. The average Bonchev–Trinajstić information content (AvgIpc) is 2.46. The highest BCUT2D eigenvalue weighted by Crippen LogP contribution is 2.26. The summed E-state index contributed by atoms with van der Waals surface area (Å²) in [6.07, 6.45) is 3.01. The Morgan fingerprint density at radius 1 is 1.47 bits per heavy atom. The summed E-state index contributed by atoms with van der Waals surface area (Å²) in [6, 6.07) is 6.18. The van der Waals surface area contributed by atoms with E-state index < -0.39 is 5.82 Å². The highest BCUT2D eigenvalue weighted by atomic mass is 19.1. The molecular weight excluding hydrogens is 243 g/mol. The van der Waals surface area contributed by atoms with E-state index in [0.717, 1.165) is 19.3 Å². The second-order valence-corrected chi connectivity index (χ2v) is 5.17. The number of rotatable bonds is 3. The summed E-state index contributed by atoms with van der Waals surface area (Å²) >= 11 is 0. The van der Waals surface area contributed by atoms with Crippen LogP contribution in [0.15, 0.2) is 24.3 Å². The standard InChI is InChI=1S/C15H21FN2O/c1-2-11-7-8-18(12(9-11)10-17)15(19)13-5-3-4-6-14(13)16/h3-6,11-12H,2,7-10,17H2,1H3. The van der Waals surface area contributed by atoms with Crippen LogP contribution in [0.4, 0.5) is 4.39 Å². The monoisotopic (exact) mass is 264 g/mol. The number of benzene rings is 1. The number of nitrogens with two attached hydrogens (primary N) is 1. The van der Waals surface area contributed by atoms with E-state index in [0.29, 0.717) is 19.0 Å². The van der Waals surface area contributed by atoms with Gasteiger partial charge in [-0.1, -0.05) is 25.5 Å². The molecule has 0 aliphatic carbocycles. The first-order valence-electron chi connectivity index (χ1n) is 6.93. The van der Waals surface area contributed by atoms with Gasteiger partial charge in [-0.05, 0) is 30.9 Å². The largest absolute Gasteiger partial charge is 0.334 e. The van der Waals surface area contributed by atoms with Crippen molar-refractivity contribution in [3.63, 3.8) is 0 Å². The third-order valence-electron chi connectivity index (χ3n) is 4.04. The molecule has 2 atom stereocenters. The van der Waals surface area contributed by atoms with Crippen molar-refractivity contribution in [1.82, 2.24) is 4.90 Å². The molecule has 1 aromatic carbocycles. The van der Waals surface area contributed by atoms with Crippen LogP contribution in [0.3, 0.4) is 0 Å². The summed E-state index contributed by atoms with van der Waals surface area (Å²) in [5, 5.41) is 0. The maximum absolute atomic E-state index is 13.7. The molecule has 1 fully saturated rings. The Bertz CT molecular complexity index is 450. The zero-order valence-electron chi connectivity index (χ0n) is 11.3. The van der Waals surface area contributed by atoms with Gasteiger partial charge >= 0.3 is 0 Å². The number of halogens is 1. The molecule has 104 valence electrons. The molecule has 1 saturated heterocycles. The van der Waals surface area contributed by atoms with Gasteiger partial charge in [0.2, 0.25) is 0 Å². The molecule has 0 aromatic heterocycles. The Hall–Kier alpha value is -1.42. The van der Waals surface area contributed by atoms with Crippen molar-refractivity contribution in [1.29, 1.82) is 0 Å². The van der Waals surface area contributed by atoms with Crippen LogP contribution in [0.1, 0.15) is 36.5 Å². The second-order valence-electron chi connectivity index (χ2n) is 5.17. The van der Waals surface area contributed by atoms with Crippen molar-refractivity contribution in [2.24, 2.45) is 11.7 Å².